The fraction of sp³-hybridized carbons (Fsp3) is 0.263. The zero-order valence-corrected chi connectivity index (χ0v) is 16.4. The van der Waals surface area contributed by atoms with E-state index in [2.05, 4.69) is 21.2 Å². The monoisotopic (exact) mass is 446 g/mol. The highest BCUT2D eigenvalue weighted by molar-refractivity contribution is 9.10. The van der Waals surface area contributed by atoms with Gasteiger partial charge in [0.25, 0.3) is 5.91 Å². The van der Waals surface area contributed by atoms with Crippen LogP contribution in [0.15, 0.2) is 34.8 Å². The summed E-state index contributed by atoms with van der Waals surface area (Å²) in [4.78, 5) is 27.0. The van der Waals surface area contributed by atoms with Crippen LogP contribution in [0.1, 0.15) is 18.1 Å². The molecule has 0 bridgehead atoms. The van der Waals surface area contributed by atoms with Gasteiger partial charge in [-0.3, -0.25) is 9.69 Å². The van der Waals surface area contributed by atoms with Gasteiger partial charge in [-0.25, -0.2) is 4.79 Å². The fourth-order valence-electron chi connectivity index (χ4n) is 3.49. The van der Waals surface area contributed by atoms with Gasteiger partial charge in [-0.1, -0.05) is 22.0 Å². The Bertz CT molecular complexity index is 1030. The highest BCUT2D eigenvalue weighted by Crippen LogP contribution is 2.40. The van der Waals surface area contributed by atoms with Crippen LogP contribution in [-0.2, 0) is 16.9 Å². The zero-order valence-electron chi connectivity index (χ0n) is 14.8. The van der Waals surface area contributed by atoms with Gasteiger partial charge in [-0.15, -0.1) is 0 Å². The maximum atomic E-state index is 13.2. The number of hydrogen-bond donors (Lipinski definition) is 1. The molecule has 9 heteroatoms. The van der Waals surface area contributed by atoms with E-state index in [1.54, 1.807) is 37.3 Å². The molecular weight excluding hydrogens is 432 g/mol. The lowest BCUT2D eigenvalue weighted by Gasteiger charge is -2.22. The Morgan fingerprint density at radius 3 is 2.39 bits per heavy atom. The lowest BCUT2D eigenvalue weighted by Crippen LogP contribution is -2.40. The van der Waals surface area contributed by atoms with Crippen LogP contribution in [0.5, 0.6) is 23.0 Å². The second kappa shape index (κ2) is 6.03. The van der Waals surface area contributed by atoms with Crippen molar-refractivity contribution in [1.82, 2.24) is 10.2 Å². The number of hydrogen-bond acceptors (Lipinski definition) is 6. The zero-order chi connectivity index (χ0) is 19.5. The molecule has 1 saturated heterocycles. The van der Waals surface area contributed by atoms with Crippen LogP contribution in [-0.4, -0.2) is 30.4 Å². The predicted molar refractivity (Wildman–Crippen MR) is 99.3 cm³/mol. The minimum atomic E-state index is -1.19. The second-order valence-corrected chi connectivity index (χ2v) is 7.67. The minimum absolute atomic E-state index is 0.0992. The third kappa shape index (κ3) is 2.50. The van der Waals surface area contributed by atoms with E-state index in [9.17, 15) is 9.59 Å². The number of carbonyl (C=O) groups is 2. The topological polar surface area (TPSA) is 86.3 Å². The molecule has 0 radical (unpaired) electrons. The van der Waals surface area contributed by atoms with E-state index in [0.29, 0.717) is 28.6 Å². The third-order valence-corrected chi connectivity index (χ3v) is 5.83. The van der Waals surface area contributed by atoms with E-state index in [4.69, 9.17) is 18.9 Å². The first-order valence-electron chi connectivity index (χ1n) is 8.58. The number of nitrogens with one attached hydrogen (secondary N) is 1. The van der Waals surface area contributed by atoms with E-state index < -0.39 is 11.6 Å². The number of fused-ring (bicyclic) bond motifs is 2. The van der Waals surface area contributed by atoms with Gasteiger partial charge >= 0.3 is 6.03 Å². The molecule has 5 rings (SSSR count). The molecule has 1 N–H and O–H groups in total. The van der Waals surface area contributed by atoms with Crippen molar-refractivity contribution in [3.8, 4) is 23.0 Å². The second-order valence-electron chi connectivity index (χ2n) is 6.81. The van der Waals surface area contributed by atoms with Crippen LogP contribution >= 0.6 is 15.9 Å². The minimum Gasteiger partial charge on any atom is -0.454 e. The molecule has 144 valence electrons. The summed E-state index contributed by atoms with van der Waals surface area (Å²) in [6.45, 7) is 2.07. The summed E-state index contributed by atoms with van der Waals surface area (Å²) in [5.41, 5.74) is 0.172. The van der Waals surface area contributed by atoms with Gasteiger partial charge in [0.15, 0.2) is 23.0 Å². The Balaban J connectivity index is 1.45. The van der Waals surface area contributed by atoms with Crippen molar-refractivity contribution >= 4 is 27.9 Å². The Labute approximate surface area is 168 Å². The quantitative estimate of drug-likeness (QED) is 0.729. The average Bonchev–Trinajstić information content (AvgIpc) is 3.37. The van der Waals surface area contributed by atoms with Gasteiger partial charge in [0.05, 0.1) is 6.54 Å². The smallest absolute Gasteiger partial charge is 0.325 e. The molecule has 8 nitrogen and oxygen atoms in total. The lowest BCUT2D eigenvalue weighted by atomic mass is 9.91. The Hall–Kier alpha value is -2.94. The summed E-state index contributed by atoms with van der Waals surface area (Å²) in [6, 6.07) is 8.29. The first-order valence-corrected chi connectivity index (χ1v) is 9.37. The standard InChI is InChI=1S/C19H15BrN2O6/c1-19(11-2-3-13-15(5-11)27-8-25-13)17(23)22(18(24)21-19)7-10-4-14-16(6-12(10)20)28-9-26-14/h2-6H,7-9H2,1H3,(H,21,24)/t19-/m1/s1. The van der Waals surface area contributed by atoms with E-state index in [1.807, 2.05) is 0 Å². The van der Waals surface area contributed by atoms with E-state index in [-0.39, 0.29) is 26.0 Å². The molecule has 28 heavy (non-hydrogen) atoms. The van der Waals surface area contributed by atoms with Gasteiger partial charge in [0, 0.05) is 4.47 Å². The molecule has 2 aromatic carbocycles. The molecule has 1 fully saturated rings. The Morgan fingerprint density at radius 1 is 1.00 bits per heavy atom. The van der Waals surface area contributed by atoms with Gasteiger partial charge in [0.1, 0.15) is 5.54 Å². The molecule has 0 aliphatic carbocycles. The van der Waals surface area contributed by atoms with Crippen LogP contribution in [0.4, 0.5) is 4.79 Å². The van der Waals surface area contributed by atoms with E-state index in [1.165, 1.54) is 4.90 Å². The lowest BCUT2D eigenvalue weighted by molar-refractivity contribution is -0.131. The number of amides is 3. The van der Waals surface area contributed by atoms with Crippen molar-refractivity contribution < 1.29 is 28.5 Å². The summed E-state index contributed by atoms with van der Waals surface area (Å²) in [7, 11) is 0. The highest BCUT2D eigenvalue weighted by Gasteiger charge is 2.49. The SMILES string of the molecule is C[C@]1(c2ccc3c(c2)OCO3)NC(=O)N(Cc2cc3c(cc2Br)OCO3)C1=O. The van der Waals surface area contributed by atoms with Crippen molar-refractivity contribution in [3.63, 3.8) is 0 Å². The Kier molecular flexibility index (Phi) is 3.70. The Morgan fingerprint density at radius 2 is 1.64 bits per heavy atom. The molecule has 0 spiro atoms. The largest absolute Gasteiger partial charge is 0.454 e. The first kappa shape index (κ1) is 17.2. The number of ether oxygens (including phenoxy) is 4. The van der Waals surface area contributed by atoms with Crippen molar-refractivity contribution in [2.45, 2.75) is 19.0 Å². The van der Waals surface area contributed by atoms with E-state index in [0.717, 1.165) is 10.0 Å². The van der Waals surface area contributed by atoms with Gasteiger partial charge < -0.3 is 24.3 Å². The van der Waals surface area contributed by atoms with Crippen molar-refractivity contribution in [1.29, 1.82) is 0 Å². The number of carbonyl (C=O) groups excluding carboxylic acids is 2. The number of nitrogens with zero attached hydrogens (tertiary/aromatic N) is 1. The van der Waals surface area contributed by atoms with Crippen LogP contribution in [0.2, 0.25) is 0 Å². The number of benzene rings is 2. The summed E-state index contributed by atoms with van der Waals surface area (Å²) in [5.74, 6) is 2.03. The van der Waals surface area contributed by atoms with Crippen LogP contribution < -0.4 is 24.3 Å². The van der Waals surface area contributed by atoms with Crippen molar-refractivity contribution in [2.24, 2.45) is 0 Å². The van der Waals surface area contributed by atoms with Crippen LogP contribution in [0.3, 0.4) is 0 Å². The summed E-state index contributed by atoms with van der Waals surface area (Å²) in [6.07, 6.45) is 0. The molecule has 3 amide bonds. The van der Waals surface area contributed by atoms with Crippen molar-refractivity contribution in [2.75, 3.05) is 13.6 Å². The number of imide groups is 1. The molecule has 0 aromatic heterocycles. The maximum absolute atomic E-state index is 13.2. The number of rotatable bonds is 3. The molecular formula is C19H15BrN2O6. The number of halogens is 1. The third-order valence-electron chi connectivity index (χ3n) is 5.09. The maximum Gasteiger partial charge on any atom is 0.325 e. The molecule has 2 aromatic rings. The molecule has 3 aliphatic heterocycles. The molecule has 3 heterocycles. The molecule has 0 saturated carbocycles. The van der Waals surface area contributed by atoms with Crippen LogP contribution in [0, 0.1) is 0 Å². The fourth-order valence-corrected chi connectivity index (χ4v) is 3.94. The summed E-state index contributed by atoms with van der Waals surface area (Å²) < 4.78 is 22.2. The van der Waals surface area contributed by atoms with E-state index >= 15 is 0 Å². The van der Waals surface area contributed by atoms with Gasteiger partial charge in [-0.2, -0.15) is 0 Å². The summed E-state index contributed by atoms with van der Waals surface area (Å²) >= 11 is 3.47. The summed E-state index contributed by atoms with van der Waals surface area (Å²) in [5, 5.41) is 2.80. The first-order chi connectivity index (χ1) is 13.5. The highest BCUT2D eigenvalue weighted by atomic mass is 79.9. The predicted octanol–water partition coefficient (Wildman–Crippen LogP) is 2.87. The van der Waals surface area contributed by atoms with Crippen LogP contribution in [0.25, 0.3) is 0 Å². The normalized spacial score (nSPS) is 22.0. The molecule has 3 aliphatic rings. The van der Waals surface area contributed by atoms with Crippen molar-refractivity contribution in [3.05, 3.63) is 45.9 Å². The van der Waals surface area contributed by atoms with Gasteiger partial charge in [0.2, 0.25) is 13.6 Å². The number of urea groups is 1. The average molecular weight is 447 g/mol. The molecule has 1 atom stereocenters. The molecule has 0 unspecified atom stereocenters. The van der Waals surface area contributed by atoms with Gasteiger partial charge in [-0.05, 0) is 42.3 Å².